The number of esters is 1. The molecule has 0 atom stereocenters. The summed E-state index contributed by atoms with van der Waals surface area (Å²) < 4.78 is 17.3. The number of benzene rings is 1. The van der Waals surface area contributed by atoms with Crippen molar-refractivity contribution in [1.82, 2.24) is 0 Å². The fraction of sp³-hybridized carbons (Fsp3) is 0.0909. The largest absolute Gasteiger partial charge is 0.459 e. The minimum absolute atomic E-state index is 0.158. The van der Waals surface area contributed by atoms with Gasteiger partial charge in [0, 0.05) is 11.5 Å². The molecule has 0 saturated carbocycles. The molecule has 0 saturated heterocycles. The van der Waals surface area contributed by atoms with E-state index in [0.29, 0.717) is 6.29 Å². The van der Waals surface area contributed by atoms with E-state index in [1.165, 1.54) is 19.2 Å². The average Bonchev–Trinajstić information content (AvgIpc) is 2.25. The first kappa shape index (κ1) is 10.9. The van der Waals surface area contributed by atoms with Gasteiger partial charge in [-0.2, -0.15) is 0 Å². The molecule has 0 aliphatic rings. The van der Waals surface area contributed by atoms with E-state index in [-0.39, 0.29) is 11.1 Å². The maximum absolute atomic E-state index is 13.0. The molecule has 0 heterocycles. The zero-order valence-corrected chi connectivity index (χ0v) is 7.91. The molecule has 1 rings (SSSR count). The summed E-state index contributed by atoms with van der Waals surface area (Å²) in [6, 6.07) is 4.00. The minimum atomic E-state index is -0.740. The van der Waals surface area contributed by atoms with Gasteiger partial charge in [-0.25, -0.2) is 9.18 Å². The molecule has 0 aliphatic carbocycles. The molecular formula is C11H7FO3. The molecule has 1 aromatic rings. The molecular weight excluding hydrogens is 199 g/mol. The normalized spacial score (nSPS) is 8.67. The molecule has 15 heavy (non-hydrogen) atoms. The third-order valence-corrected chi connectivity index (χ3v) is 1.66. The van der Waals surface area contributed by atoms with E-state index in [1.54, 1.807) is 0 Å². The molecule has 3 nitrogen and oxygen atoms in total. The van der Waals surface area contributed by atoms with Crippen LogP contribution in [-0.2, 0) is 9.53 Å². The molecule has 1 aromatic carbocycles. The van der Waals surface area contributed by atoms with Crippen molar-refractivity contribution in [2.24, 2.45) is 0 Å². The van der Waals surface area contributed by atoms with Crippen LogP contribution >= 0.6 is 0 Å². The maximum Gasteiger partial charge on any atom is 0.384 e. The Labute approximate surface area is 85.9 Å². The van der Waals surface area contributed by atoms with Gasteiger partial charge in [-0.15, -0.1) is 0 Å². The average molecular weight is 206 g/mol. The number of hydrogen-bond acceptors (Lipinski definition) is 3. The van der Waals surface area contributed by atoms with Crippen molar-refractivity contribution in [2.75, 3.05) is 7.11 Å². The number of ether oxygens (including phenoxy) is 1. The first-order chi connectivity index (χ1) is 7.19. The highest BCUT2D eigenvalue weighted by molar-refractivity contribution is 5.90. The Morgan fingerprint density at radius 1 is 1.53 bits per heavy atom. The predicted molar refractivity (Wildman–Crippen MR) is 50.7 cm³/mol. The minimum Gasteiger partial charge on any atom is -0.459 e. The Morgan fingerprint density at radius 2 is 2.27 bits per heavy atom. The predicted octanol–water partition coefficient (Wildman–Crippen LogP) is 1.16. The van der Waals surface area contributed by atoms with Crippen LogP contribution < -0.4 is 0 Å². The molecule has 0 spiro atoms. The topological polar surface area (TPSA) is 43.4 Å². The summed E-state index contributed by atoms with van der Waals surface area (Å²) in [6.07, 6.45) is 0.358. The van der Waals surface area contributed by atoms with Gasteiger partial charge in [-0.3, -0.25) is 4.79 Å². The number of aldehydes is 1. The number of halogens is 1. The molecule has 0 radical (unpaired) electrons. The second-order valence-electron chi connectivity index (χ2n) is 2.56. The van der Waals surface area contributed by atoms with Crippen LogP contribution in [0.25, 0.3) is 0 Å². The number of hydrogen-bond donors (Lipinski definition) is 0. The molecule has 0 bridgehead atoms. The zero-order chi connectivity index (χ0) is 11.3. The lowest BCUT2D eigenvalue weighted by atomic mass is 10.1. The molecule has 0 unspecified atom stereocenters. The molecule has 0 amide bonds. The molecule has 76 valence electrons. The van der Waals surface area contributed by atoms with E-state index in [9.17, 15) is 14.0 Å². The van der Waals surface area contributed by atoms with Crippen molar-refractivity contribution in [3.05, 3.63) is 35.1 Å². The van der Waals surface area contributed by atoms with Gasteiger partial charge in [-0.1, -0.05) is 12.0 Å². The second kappa shape index (κ2) is 4.91. The van der Waals surface area contributed by atoms with E-state index in [4.69, 9.17) is 0 Å². The Morgan fingerprint density at radius 3 is 2.87 bits per heavy atom. The van der Waals surface area contributed by atoms with Gasteiger partial charge in [0.1, 0.15) is 5.82 Å². The smallest absolute Gasteiger partial charge is 0.384 e. The monoisotopic (exact) mass is 206 g/mol. The lowest BCUT2D eigenvalue weighted by Crippen LogP contribution is -1.96. The lowest BCUT2D eigenvalue weighted by Gasteiger charge is -1.96. The van der Waals surface area contributed by atoms with E-state index in [1.807, 2.05) is 0 Å². The van der Waals surface area contributed by atoms with Crippen LogP contribution in [0.1, 0.15) is 15.9 Å². The lowest BCUT2D eigenvalue weighted by molar-refractivity contribution is -0.133. The molecule has 4 heteroatoms. The number of methoxy groups -OCH3 is 1. The van der Waals surface area contributed by atoms with Crippen LogP contribution in [0.15, 0.2) is 18.2 Å². The van der Waals surface area contributed by atoms with Crippen molar-refractivity contribution >= 4 is 12.3 Å². The van der Waals surface area contributed by atoms with Gasteiger partial charge in [0.2, 0.25) is 0 Å². The van der Waals surface area contributed by atoms with E-state index in [2.05, 4.69) is 16.6 Å². The van der Waals surface area contributed by atoms with Crippen molar-refractivity contribution in [3.63, 3.8) is 0 Å². The number of carbonyl (C=O) groups excluding carboxylic acids is 2. The molecule has 0 N–H and O–H groups in total. The van der Waals surface area contributed by atoms with Crippen LogP contribution in [0, 0.1) is 17.7 Å². The maximum atomic E-state index is 13.0. The van der Waals surface area contributed by atoms with Gasteiger partial charge in [0.05, 0.1) is 12.7 Å². The van der Waals surface area contributed by atoms with Crippen molar-refractivity contribution in [3.8, 4) is 11.8 Å². The Hall–Kier alpha value is -2.15. The standard InChI is InChI=1S/C11H7FO3/c1-15-11(14)6-5-8-3-2-4-10(12)9(8)7-13/h2-4,7H,1H3. The highest BCUT2D eigenvalue weighted by Crippen LogP contribution is 2.09. The van der Waals surface area contributed by atoms with Gasteiger partial charge in [-0.05, 0) is 12.1 Å². The van der Waals surface area contributed by atoms with Gasteiger partial charge in [0.15, 0.2) is 6.29 Å². The van der Waals surface area contributed by atoms with E-state index < -0.39 is 11.8 Å². The van der Waals surface area contributed by atoms with Gasteiger partial charge in [0.25, 0.3) is 0 Å². The van der Waals surface area contributed by atoms with Crippen molar-refractivity contribution in [2.45, 2.75) is 0 Å². The molecule has 0 fully saturated rings. The summed E-state index contributed by atoms with van der Waals surface area (Å²) in [5, 5.41) is 0. The fourth-order valence-corrected chi connectivity index (χ4v) is 0.935. The fourth-order valence-electron chi connectivity index (χ4n) is 0.935. The Bertz CT molecular complexity index is 455. The first-order valence-corrected chi connectivity index (χ1v) is 4.02. The summed E-state index contributed by atoms with van der Waals surface area (Å²) in [5.41, 5.74) is 0.00398. The highest BCUT2D eigenvalue weighted by Gasteiger charge is 2.04. The third-order valence-electron chi connectivity index (χ3n) is 1.66. The van der Waals surface area contributed by atoms with Gasteiger partial charge < -0.3 is 4.74 Å². The summed E-state index contributed by atoms with van der Waals surface area (Å²) in [6.45, 7) is 0. The first-order valence-electron chi connectivity index (χ1n) is 4.02. The number of carbonyl (C=O) groups is 2. The van der Waals surface area contributed by atoms with Crippen molar-refractivity contribution < 1.29 is 18.7 Å². The van der Waals surface area contributed by atoms with Crippen LogP contribution in [0.5, 0.6) is 0 Å². The van der Waals surface area contributed by atoms with E-state index in [0.717, 1.165) is 6.07 Å². The highest BCUT2D eigenvalue weighted by atomic mass is 19.1. The quantitative estimate of drug-likeness (QED) is 0.393. The third kappa shape index (κ3) is 2.64. The second-order valence-corrected chi connectivity index (χ2v) is 2.56. The zero-order valence-electron chi connectivity index (χ0n) is 7.91. The van der Waals surface area contributed by atoms with E-state index >= 15 is 0 Å². The Kier molecular flexibility index (Phi) is 3.58. The Balaban J connectivity index is 3.13. The molecule has 0 aromatic heterocycles. The summed E-state index contributed by atoms with van der Waals surface area (Å²) in [7, 11) is 1.18. The van der Waals surface area contributed by atoms with Crippen LogP contribution in [0.2, 0.25) is 0 Å². The van der Waals surface area contributed by atoms with Gasteiger partial charge >= 0.3 is 5.97 Å². The van der Waals surface area contributed by atoms with Crippen LogP contribution in [0.4, 0.5) is 4.39 Å². The van der Waals surface area contributed by atoms with Crippen LogP contribution in [-0.4, -0.2) is 19.4 Å². The SMILES string of the molecule is COC(=O)C#Cc1cccc(F)c1C=O. The molecule has 0 aliphatic heterocycles. The van der Waals surface area contributed by atoms with Crippen molar-refractivity contribution in [1.29, 1.82) is 0 Å². The summed E-state index contributed by atoms with van der Waals surface area (Å²) in [5.74, 6) is 3.07. The summed E-state index contributed by atoms with van der Waals surface area (Å²) >= 11 is 0. The summed E-state index contributed by atoms with van der Waals surface area (Å²) in [4.78, 5) is 21.2. The number of rotatable bonds is 1. The van der Waals surface area contributed by atoms with Crippen LogP contribution in [0.3, 0.4) is 0 Å².